The molecule has 0 spiro atoms. The number of morpholine rings is 1. The predicted octanol–water partition coefficient (Wildman–Crippen LogP) is 2.75. The van der Waals surface area contributed by atoms with E-state index in [2.05, 4.69) is 15.3 Å². The van der Waals surface area contributed by atoms with Crippen LogP contribution >= 0.6 is 0 Å². The molecule has 1 aliphatic heterocycles. The van der Waals surface area contributed by atoms with Crippen molar-refractivity contribution in [2.24, 2.45) is 7.05 Å². The average Bonchev–Trinajstić information content (AvgIpc) is 2.95. The van der Waals surface area contributed by atoms with E-state index in [4.69, 9.17) is 9.47 Å². The molecule has 1 aromatic heterocycles. The topological polar surface area (TPSA) is 51.5 Å². The van der Waals surface area contributed by atoms with Gasteiger partial charge in [-0.05, 0) is 19.1 Å². The summed E-state index contributed by atoms with van der Waals surface area (Å²) in [6.07, 6.45) is -4.43. The van der Waals surface area contributed by atoms with Crippen LogP contribution in [0.5, 0.6) is 5.75 Å². The highest BCUT2D eigenvalue weighted by molar-refractivity contribution is 5.50. The molecule has 2 heterocycles. The van der Waals surface area contributed by atoms with Gasteiger partial charge in [-0.15, -0.1) is 0 Å². The Morgan fingerprint density at radius 1 is 1.21 bits per heavy atom. The molecule has 1 N–H and O–H groups in total. The fraction of sp³-hybridized carbons (Fsp3) is 0.526. The van der Waals surface area contributed by atoms with E-state index in [9.17, 15) is 13.2 Å². The van der Waals surface area contributed by atoms with Gasteiger partial charge in [-0.3, -0.25) is 4.68 Å². The van der Waals surface area contributed by atoms with Crippen LogP contribution in [-0.4, -0.2) is 49.2 Å². The zero-order chi connectivity index (χ0) is 20.1. The molecule has 28 heavy (non-hydrogen) atoms. The van der Waals surface area contributed by atoms with Crippen molar-refractivity contribution >= 4 is 5.82 Å². The number of aromatic nitrogens is 2. The zero-order valence-corrected chi connectivity index (χ0v) is 16.1. The number of nitrogens with one attached hydrogen (secondary N) is 1. The number of alkyl halides is 3. The first-order valence-corrected chi connectivity index (χ1v) is 9.23. The summed E-state index contributed by atoms with van der Waals surface area (Å²) in [7, 11) is 1.92. The molecule has 0 aliphatic carbocycles. The maximum absolute atomic E-state index is 13.0. The fourth-order valence-corrected chi connectivity index (χ4v) is 3.34. The fourth-order valence-electron chi connectivity index (χ4n) is 3.34. The molecular formula is C19H25F3N4O2. The average molecular weight is 398 g/mol. The van der Waals surface area contributed by atoms with E-state index in [1.807, 2.05) is 18.7 Å². The summed E-state index contributed by atoms with van der Waals surface area (Å²) in [5.41, 5.74) is 1.26. The highest BCUT2D eigenvalue weighted by Crippen LogP contribution is 2.35. The lowest BCUT2D eigenvalue weighted by Gasteiger charge is -2.29. The first kappa shape index (κ1) is 20.5. The molecule has 0 radical (unpaired) electrons. The van der Waals surface area contributed by atoms with Crippen LogP contribution in [0.15, 0.2) is 24.3 Å². The minimum absolute atomic E-state index is 0.138. The number of hydrogen-bond acceptors (Lipinski definition) is 5. The predicted molar refractivity (Wildman–Crippen MR) is 99.6 cm³/mol. The lowest BCUT2D eigenvalue weighted by molar-refractivity contribution is -0.138. The van der Waals surface area contributed by atoms with Crippen LogP contribution < -0.4 is 15.0 Å². The Kier molecular flexibility index (Phi) is 6.46. The third kappa shape index (κ3) is 4.77. The molecule has 0 bridgehead atoms. The number of benzene rings is 1. The number of rotatable bonds is 7. The molecule has 1 fully saturated rings. The molecule has 0 saturated carbocycles. The van der Waals surface area contributed by atoms with Gasteiger partial charge in [-0.25, -0.2) is 0 Å². The molecule has 1 saturated heterocycles. The van der Waals surface area contributed by atoms with Gasteiger partial charge in [0.25, 0.3) is 0 Å². The summed E-state index contributed by atoms with van der Waals surface area (Å²) in [5, 5.41) is 7.76. The van der Waals surface area contributed by atoms with Crippen LogP contribution in [0.25, 0.3) is 0 Å². The number of halogens is 3. The Bertz CT molecular complexity index is 786. The molecule has 1 aromatic carbocycles. The Hall–Kier alpha value is -2.26. The molecule has 3 rings (SSSR count). The summed E-state index contributed by atoms with van der Waals surface area (Å²) < 4.78 is 51.6. The molecule has 2 aromatic rings. The zero-order valence-electron chi connectivity index (χ0n) is 16.1. The van der Waals surface area contributed by atoms with Gasteiger partial charge in [0.15, 0.2) is 0 Å². The Morgan fingerprint density at radius 2 is 1.93 bits per heavy atom. The van der Waals surface area contributed by atoms with E-state index in [1.54, 1.807) is 0 Å². The first-order valence-electron chi connectivity index (χ1n) is 9.23. The molecule has 1 aliphatic rings. The van der Waals surface area contributed by atoms with Crippen molar-refractivity contribution < 1.29 is 22.6 Å². The summed E-state index contributed by atoms with van der Waals surface area (Å²) in [4.78, 5) is 2.25. The van der Waals surface area contributed by atoms with Crippen molar-refractivity contribution in [2.45, 2.75) is 19.6 Å². The number of nitrogens with zero attached hydrogens (tertiary/aromatic N) is 3. The van der Waals surface area contributed by atoms with Crippen molar-refractivity contribution in [1.82, 2.24) is 15.1 Å². The van der Waals surface area contributed by atoms with E-state index in [1.165, 1.54) is 18.2 Å². The SMILES string of the molecule is Cc1nn(C)c(N2CCOCC2)c1CNCCOc1ccccc1C(F)(F)F. The van der Waals surface area contributed by atoms with Crippen LogP contribution in [0, 0.1) is 6.92 Å². The Labute approximate surface area is 162 Å². The van der Waals surface area contributed by atoms with Gasteiger partial charge in [0.1, 0.15) is 18.2 Å². The van der Waals surface area contributed by atoms with Gasteiger partial charge in [0.2, 0.25) is 0 Å². The van der Waals surface area contributed by atoms with Gasteiger partial charge in [0.05, 0.1) is 24.5 Å². The maximum Gasteiger partial charge on any atom is 0.419 e. The highest BCUT2D eigenvalue weighted by Gasteiger charge is 2.33. The number of para-hydroxylation sites is 1. The van der Waals surface area contributed by atoms with Gasteiger partial charge >= 0.3 is 6.18 Å². The van der Waals surface area contributed by atoms with Crippen molar-refractivity contribution in [3.05, 3.63) is 41.1 Å². The molecule has 0 atom stereocenters. The second-order valence-electron chi connectivity index (χ2n) is 6.63. The number of anilines is 1. The normalized spacial score (nSPS) is 15.1. The minimum atomic E-state index is -4.43. The number of hydrogen-bond donors (Lipinski definition) is 1. The van der Waals surface area contributed by atoms with E-state index < -0.39 is 11.7 Å². The molecule has 154 valence electrons. The van der Waals surface area contributed by atoms with Crippen LogP contribution in [0.2, 0.25) is 0 Å². The molecule has 0 unspecified atom stereocenters. The quantitative estimate of drug-likeness (QED) is 0.727. The van der Waals surface area contributed by atoms with E-state index in [-0.39, 0.29) is 12.4 Å². The van der Waals surface area contributed by atoms with Crippen molar-refractivity contribution in [3.63, 3.8) is 0 Å². The van der Waals surface area contributed by atoms with E-state index in [0.29, 0.717) is 26.3 Å². The summed E-state index contributed by atoms with van der Waals surface area (Å²) in [5.74, 6) is 0.903. The van der Waals surface area contributed by atoms with Crippen LogP contribution in [0.4, 0.5) is 19.0 Å². The molecular weight excluding hydrogens is 373 g/mol. The monoisotopic (exact) mass is 398 g/mol. The lowest BCUT2D eigenvalue weighted by Crippen LogP contribution is -2.38. The first-order chi connectivity index (χ1) is 13.4. The van der Waals surface area contributed by atoms with Gasteiger partial charge in [-0.1, -0.05) is 12.1 Å². The third-order valence-electron chi connectivity index (χ3n) is 4.65. The van der Waals surface area contributed by atoms with Crippen LogP contribution in [0.3, 0.4) is 0 Å². The molecule has 6 nitrogen and oxygen atoms in total. The number of aryl methyl sites for hydroxylation is 2. The van der Waals surface area contributed by atoms with Gasteiger partial charge < -0.3 is 19.7 Å². The van der Waals surface area contributed by atoms with E-state index >= 15 is 0 Å². The second kappa shape index (κ2) is 8.83. The highest BCUT2D eigenvalue weighted by atomic mass is 19.4. The van der Waals surface area contributed by atoms with Crippen molar-refractivity contribution in [1.29, 1.82) is 0 Å². The summed E-state index contributed by atoms with van der Waals surface area (Å²) >= 11 is 0. The van der Waals surface area contributed by atoms with Crippen LogP contribution in [-0.2, 0) is 24.5 Å². The standard InChI is InChI=1S/C19H25F3N4O2/c1-14-15(18(25(2)24-14)26-8-11-27-12-9-26)13-23-7-10-28-17-6-4-3-5-16(17)19(20,21)22/h3-6,23H,7-13H2,1-2H3. The second-order valence-corrected chi connectivity index (χ2v) is 6.63. The maximum atomic E-state index is 13.0. The molecule has 0 amide bonds. The van der Waals surface area contributed by atoms with Gasteiger partial charge in [-0.2, -0.15) is 18.3 Å². The lowest BCUT2D eigenvalue weighted by atomic mass is 10.2. The van der Waals surface area contributed by atoms with Gasteiger partial charge in [0, 0.05) is 38.8 Å². The number of ether oxygens (including phenoxy) is 2. The Balaban J connectivity index is 1.55. The smallest absolute Gasteiger partial charge is 0.419 e. The molecule has 9 heteroatoms. The summed E-state index contributed by atoms with van der Waals surface area (Å²) in [6.45, 7) is 6.07. The third-order valence-corrected chi connectivity index (χ3v) is 4.65. The van der Waals surface area contributed by atoms with E-state index in [0.717, 1.165) is 36.2 Å². The minimum Gasteiger partial charge on any atom is -0.492 e. The largest absolute Gasteiger partial charge is 0.492 e. The van der Waals surface area contributed by atoms with Crippen molar-refractivity contribution in [3.8, 4) is 5.75 Å². The Morgan fingerprint density at radius 3 is 2.64 bits per heavy atom. The van der Waals surface area contributed by atoms with Crippen molar-refractivity contribution in [2.75, 3.05) is 44.4 Å². The van der Waals surface area contributed by atoms with Crippen LogP contribution in [0.1, 0.15) is 16.8 Å². The summed E-state index contributed by atoms with van der Waals surface area (Å²) in [6, 6.07) is 5.25.